The fourth-order valence-corrected chi connectivity index (χ4v) is 2.13. The number of hydrogen-bond acceptors (Lipinski definition) is 3. The van der Waals surface area contributed by atoms with Gasteiger partial charge >= 0.3 is 0 Å². The van der Waals surface area contributed by atoms with E-state index >= 15 is 0 Å². The summed E-state index contributed by atoms with van der Waals surface area (Å²) in [6, 6.07) is 6.78. The molecule has 0 aliphatic heterocycles. The number of benzene rings is 1. The van der Waals surface area contributed by atoms with Crippen LogP contribution in [-0.2, 0) is 0 Å². The van der Waals surface area contributed by atoms with Crippen molar-refractivity contribution in [1.29, 1.82) is 0 Å². The number of furan rings is 1. The first-order valence-corrected chi connectivity index (χ1v) is 6.05. The Morgan fingerprint density at radius 3 is 2.76 bits per heavy atom. The van der Waals surface area contributed by atoms with E-state index in [1.165, 1.54) is 13.4 Å². The minimum Gasteiger partial charge on any atom is -0.496 e. The van der Waals surface area contributed by atoms with Gasteiger partial charge in [-0.1, -0.05) is 17.7 Å². The minimum absolute atomic E-state index is 0.436. The van der Waals surface area contributed by atoms with E-state index in [0.717, 1.165) is 0 Å². The minimum atomic E-state index is -0.897. The molecule has 90 valence electrons. The van der Waals surface area contributed by atoms with E-state index in [0.29, 0.717) is 26.6 Å². The Morgan fingerprint density at radius 2 is 2.18 bits per heavy atom. The van der Waals surface area contributed by atoms with Crippen molar-refractivity contribution in [2.45, 2.75) is 6.10 Å². The molecule has 2 rings (SSSR count). The van der Waals surface area contributed by atoms with Gasteiger partial charge in [0.05, 0.1) is 17.8 Å². The van der Waals surface area contributed by atoms with Gasteiger partial charge in [0.1, 0.15) is 11.9 Å². The molecule has 1 atom stereocenters. The van der Waals surface area contributed by atoms with Crippen LogP contribution >= 0.6 is 27.5 Å². The van der Waals surface area contributed by atoms with Crippen LogP contribution in [0.5, 0.6) is 5.75 Å². The molecule has 0 aliphatic carbocycles. The Kier molecular flexibility index (Phi) is 3.76. The van der Waals surface area contributed by atoms with Crippen LogP contribution in [0.1, 0.15) is 17.4 Å². The summed E-state index contributed by atoms with van der Waals surface area (Å²) in [5.74, 6) is 0.957. The van der Waals surface area contributed by atoms with Crippen LogP contribution in [0.4, 0.5) is 0 Å². The van der Waals surface area contributed by atoms with Crippen molar-refractivity contribution in [3.63, 3.8) is 0 Å². The lowest BCUT2D eigenvalue weighted by Gasteiger charge is -2.13. The monoisotopic (exact) mass is 316 g/mol. The first kappa shape index (κ1) is 12.5. The Bertz CT molecular complexity index is 524. The average molecular weight is 318 g/mol. The number of methoxy groups -OCH3 is 1. The summed E-state index contributed by atoms with van der Waals surface area (Å²) in [4.78, 5) is 0. The number of rotatable bonds is 3. The van der Waals surface area contributed by atoms with Gasteiger partial charge in [0.15, 0.2) is 5.76 Å². The molecule has 0 bridgehead atoms. The lowest BCUT2D eigenvalue weighted by atomic mass is 10.1. The fourth-order valence-electron chi connectivity index (χ4n) is 1.55. The molecule has 1 N–H and O–H groups in total. The quantitative estimate of drug-likeness (QED) is 0.936. The average Bonchev–Trinajstić information content (AvgIpc) is 2.74. The molecule has 1 unspecified atom stereocenters. The van der Waals surface area contributed by atoms with Gasteiger partial charge in [0.25, 0.3) is 0 Å². The van der Waals surface area contributed by atoms with Gasteiger partial charge < -0.3 is 14.3 Å². The SMILES string of the molecule is COc1cc(Cl)ccc1C(O)c1occc1Br. The van der Waals surface area contributed by atoms with E-state index in [-0.39, 0.29) is 0 Å². The standard InChI is InChI=1S/C12H10BrClO3/c1-16-10-6-7(14)2-3-8(10)11(15)12-9(13)4-5-17-12/h2-6,11,15H,1H3. The highest BCUT2D eigenvalue weighted by molar-refractivity contribution is 9.10. The van der Waals surface area contributed by atoms with E-state index in [1.54, 1.807) is 24.3 Å². The van der Waals surface area contributed by atoms with Crippen LogP contribution < -0.4 is 4.74 Å². The molecule has 2 aromatic rings. The summed E-state index contributed by atoms with van der Waals surface area (Å²) in [6.07, 6.45) is 0.608. The van der Waals surface area contributed by atoms with E-state index in [2.05, 4.69) is 15.9 Å². The first-order chi connectivity index (χ1) is 8.13. The van der Waals surface area contributed by atoms with Crippen molar-refractivity contribution >= 4 is 27.5 Å². The maximum atomic E-state index is 10.2. The molecule has 0 spiro atoms. The molecule has 5 heteroatoms. The predicted molar refractivity (Wildman–Crippen MR) is 68.5 cm³/mol. The van der Waals surface area contributed by atoms with Crippen molar-refractivity contribution in [3.05, 3.63) is 51.3 Å². The van der Waals surface area contributed by atoms with Crippen molar-refractivity contribution in [2.24, 2.45) is 0 Å². The maximum Gasteiger partial charge on any atom is 0.151 e. The smallest absolute Gasteiger partial charge is 0.151 e. The second-order valence-electron chi connectivity index (χ2n) is 3.42. The topological polar surface area (TPSA) is 42.6 Å². The second-order valence-corrected chi connectivity index (χ2v) is 4.71. The van der Waals surface area contributed by atoms with E-state index in [9.17, 15) is 5.11 Å². The highest BCUT2D eigenvalue weighted by Gasteiger charge is 2.20. The van der Waals surface area contributed by atoms with Crippen LogP contribution in [0.3, 0.4) is 0 Å². The molecular formula is C12H10BrClO3. The lowest BCUT2D eigenvalue weighted by Crippen LogP contribution is -2.01. The maximum absolute atomic E-state index is 10.2. The molecule has 1 heterocycles. The van der Waals surface area contributed by atoms with Crippen molar-refractivity contribution < 1.29 is 14.3 Å². The third kappa shape index (κ3) is 2.49. The van der Waals surface area contributed by atoms with Gasteiger partial charge in [-0.2, -0.15) is 0 Å². The number of hydrogen-bond donors (Lipinski definition) is 1. The molecule has 0 amide bonds. The van der Waals surface area contributed by atoms with E-state index in [1.807, 2.05) is 0 Å². The van der Waals surface area contributed by atoms with Crippen LogP contribution in [-0.4, -0.2) is 12.2 Å². The van der Waals surface area contributed by atoms with Crippen molar-refractivity contribution in [3.8, 4) is 5.75 Å². The van der Waals surface area contributed by atoms with Gasteiger partial charge in [-0.25, -0.2) is 0 Å². The zero-order valence-electron chi connectivity index (χ0n) is 8.98. The summed E-state index contributed by atoms with van der Waals surface area (Å²) in [6.45, 7) is 0. The fraction of sp³-hybridized carbons (Fsp3) is 0.167. The molecule has 0 saturated heterocycles. The lowest BCUT2D eigenvalue weighted by molar-refractivity contribution is 0.184. The summed E-state index contributed by atoms with van der Waals surface area (Å²) in [7, 11) is 1.53. The molecule has 1 aromatic heterocycles. The van der Waals surface area contributed by atoms with E-state index < -0.39 is 6.10 Å². The van der Waals surface area contributed by atoms with Gasteiger partial charge in [-0.3, -0.25) is 0 Å². The Morgan fingerprint density at radius 1 is 1.41 bits per heavy atom. The van der Waals surface area contributed by atoms with Crippen molar-refractivity contribution in [1.82, 2.24) is 0 Å². The van der Waals surface area contributed by atoms with E-state index in [4.69, 9.17) is 20.8 Å². The third-order valence-corrected chi connectivity index (χ3v) is 3.27. The Balaban J connectivity index is 2.44. The number of ether oxygens (including phenoxy) is 1. The summed E-state index contributed by atoms with van der Waals surface area (Å²) in [5, 5.41) is 10.8. The van der Waals surface area contributed by atoms with Gasteiger partial charge in [0.2, 0.25) is 0 Å². The zero-order chi connectivity index (χ0) is 12.4. The summed E-state index contributed by atoms with van der Waals surface area (Å²) < 4.78 is 11.1. The molecule has 3 nitrogen and oxygen atoms in total. The summed E-state index contributed by atoms with van der Waals surface area (Å²) in [5.41, 5.74) is 0.604. The van der Waals surface area contributed by atoms with Crippen molar-refractivity contribution in [2.75, 3.05) is 7.11 Å². The number of aliphatic hydroxyl groups is 1. The van der Waals surface area contributed by atoms with Gasteiger partial charge in [-0.05, 0) is 34.1 Å². The zero-order valence-corrected chi connectivity index (χ0v) is 11.3. The Hall–Kier alpha value is -0.970. The van der Waals surface area contributed by atoms with Crippen LogP contribution in [0.25, 0.3) is 0 Å². The predicted octanol–water partition coefficient (Wildman–Crippen LogP) is 3.79. The Labute approximate surface area is 112 Å². The second kappa shape index (κ2) is 5.12. The number of aliphatic hydroxyl groups excluding tert-OH is 1. The molecule has 17 heavy (non-hydrogen) atoms. The largest absolute Gasteiger partial charge is 0.496 e. The molecule has 0 aliphatic rings. The van der Waals surface area contributed by atoms with Crippen LogP contribution in [0.2, 0.25) is 5.02 Å². The van der Waals surface area contributed by atoms with Crippen LogP contribution in [0.15, 0.2) is 39.4 Å². The molecule has 0 fully saturated rings. The summed E-state index contributed by atoms with van der Waals surface area (Å²) >= 11 is 9.17. The number of halogens is 2. The highest BCUT2D eigenvalue weighted by Crippen LogP contribution is 2.35. The first-order valence-electron chi connectivity index (χ1n) is 4.88. The molecule has 0 radical (unpaired) electrons. The third-order valence-electron chi connectivity index (χ3n) is 2.38. The highest BCUT2D eigenvalue weighted by atomic mass is 79.9. The van der Waals surface area contributed by atoms with Crippen LogP contribution in [0, 0.1) is 0 Å². The molecule has 0 saturated carbocycles. The molecular weight excluding hydrogens is 307 g/mol. The van der Waals surface area contributed by atoms with Gasteiger partial charge in [0, 0.05) is 10.6 Å². The molecule has 1 aromatic carbocycles. The van der Waals surface area contributed by atoms with Gasteiger partial charge in [-0.15, -0.1) is 0 Å². The normalized spacial score (nSPS) is 12.5.